The number of carbonyl (C=O) groups excluding carboxylic acids is 1. The predicted molar refractivity (Wildman–Crippen MR) is 107 cm³/mol. The van der Waals surface area contributed by atoms with Crippen molar-refractivity contribution in [2.45, 2.75) is 17.8 Å². The van der Waals surface area contributed by atoms with E-state index < -0.39 is 0 Å². The van der Waals surface area contributed by atoms with Gasteiger partial charge in [0.1, 0.15) is 6.33 Å². The van der Waals surface area contributed by atoms with Gasteiger partial charge < -0.3 is 19.4 Å². The standard InChI is InChI=1S/C19H21N5O3S/c1-13-5-4-6-14(7-13)22-18(25)10-27-16-8-15(20-9-17(16)26-3)11-28-19-23-21-12-24(19)2/h4-9,12H,10-11H2,1-3H3,(H,22,25). The molecule has 1 amide bonds. The molecule has 3 aromatic rings. The lowest BCUT2D eigenvalue weighted by molar-refractivity contribution is -0.118. The molecule has 0 aliphatic carbocycles. The number of nitrogens with one attached hydrogen (secondary N) is 1. The van der Waals surface area contributed by atoms with Crippen molar-refractivity contribution in [1.29, 1.82) is 0 Å². The van der Waals surface area contributed by atoms with E-state index in [-0.39, 0.29) is 12.5 Å². The Balaban J connectivity index is 1.61. The highest BCUT2D eigenvalue weighted by molar-refractivity contribution is 7.98. The number of amides is 1. The van der Waals surface area contributed by atoms with Crippen LogP contribution < -0.4 is 14.8 Å². The van der Waals surface area contributed by atoms with Crippen molar-refractivity contribution < 1.29 is 14.3 Å². The van der Waals surface area contributed by atoms with Crippen LogP contribution in [0.5, 0.6) is 11.5 Å². The molecule has 2 heterocycles. The molecule has 9 heteroatoms. The maximum absolute atomic E-state index is 12.2. The van der Waals surface area contributed by atoms with Crippen LogP contribution in [-0.4, -0.2) is 39.4 Å². The van der Waals surface area contributed by atoms with Crippen molar-refractivity contribution in [2.75, 3.05) is 19.0 Å². The van der Waals surface area contributed by atoms with E-state index in [0.717, 1.165) is 22.1 Å². The molecule has 0 fully saturated rings. The number of hydrogen-bond acceptors (Lipinski definition) is 7. The van der Waals surface area contributed by atoms with E-state index in [1.807, 2.05) is 42.8 Å². The maximum Gasteiger partial charge on any atom is 0.262 e. The first-order valence-corrected chi connectivity index (χ1v) is 9.52. The summed E-state index contributed by atoms with van der Waals surface area (Å²) >= 11 is 1.51. The minimum atomic E-state index is -0.250. The molecule has 0 spiro atoms. The van der Waals surface area contributed by atoms with Gasteiger partial charge in [-0.3, -0.25) is 9.78 Å². The zero-order valence-electron chi connectivity index (χ0n) is 15.9. The number of nitrogens with zero attached hydrogens (tertiary/aromatic N) is 4. The van der Waals surface area contributed by atoms with Gasteiger partial charge in [0.25, 0.3) is 5.91 Å². The molecule has 2 aromatic heterocycles. The molecule has 1 N–H and O–H groups in total. The van der Waals surface area contributed by atoms with Crippen molar-refractivity contribution in [3.8, 4) is 11.5 Å². The highest BCUT2D eigenvalue weighted by Gasteiger charge is 2.11. The Morgan fingerprint density at radius 1 is 1.29 bits per heavy atom. The second kappa shape index (κ2) is 9.23. The van der Waals surface area contributed by atoms with E-state index in [1.165, 1.54) is 18.9 Å². The van der Waals surface area contributed by atoms with Gasteiger partial charge in [0, 0.05) is 24.6 Å². The number of benzene rings is 1. The summed E-state index contributed by atoms with van der Waals surface area (Å²) in [6.07, 6.45) is 3.23. The third kappa shape index (κ3) is 5.23. The molecule has 0 aliphatic heterocycles. The predicted octanol–water partition coefficient (Wildman–Crippen LogP) is 2.84. The van der Waals surface area contributed by atoms with Crippen LogP contribution in [0.3, 0.4) is 0 Å². The summed E-state index contributed by atoms with van der Waals surface area (Å²) in [6.45, 7) is 1.83. The topological polar surface area (TPSA) is 91.2 Å². The number of methoxy groups -OCH3 is 1. The van der Waals surface area contributed by atoms with Crippen molar-refractivity contribution in [2.24, 2.45) is 7.05 Å². The molecule has 0 saturated carbocycles. The molecule has 0 saturated heterocycles. The number of ether oxygens (including phenoxy) is 2. The van der Waals surface area contributed by atoms with Crippen molar-refractivity contribution in [3.05, 3.63) is 54.1 Å². The van der Waals surface area contributed by atoms with E-state index in [4.69, 9.17) is 9.47 Å². The number of pyridine rings is 1. The van der Waals surface area contributed by atoms with Gasteiger partial charge in [0.15, 0.2) is 23.3 Å². The fourth-order valence-corrected chi connectivity index (χ4v) is 3.21. The number of thioether (sulfide) groups is 1. The molecule has 28 heavy (non-hydrogen) atoms. The molecule has 0 atom stereocenters. The van der Waals surface area contributed by atoms with E-state index in [9.17, 15) is 4.79 Å². The van der Waals surface area contributed by atoms with Gasteiger partial charge >= 0.3 is 0 Å². The summed E-state index contributed by atoms with van der Waals surface area (Å²) in [6, 6.07) is 9.35. The highest BCUT2D eigenvalue weighted by Crippen LogP contribution is 2.29. The monoisotopic (exact) mass is 399 g/mol. The number of aromatic nitrogens is 4. The Labute approximate surface area is 167 Å². The third-order valence-electron chi connectivity index (χ3n) is 3.79. The van der Waals surface area contributed by atoms with Gasteiger partial charge in [-0.15, -0.1) is 10.2 Å². The Bertz CT molecular complexity index is 960. The summed E-state index contributed by atoms with van der Waals surface area (Å²) in [5, 5.41) is 11.5. The van der Waals surface area contributed by atoms with Crippen molar-refractivity contribution >= 4 is 23.4 Å². The highest BCUT2D eigenvalue weighted by atomic mass is 32.2. The Hall–Kier alpha value is -3.07. The molecule has 1 aromatic carbocycles. The van der Waals surface area contributed by atoms with Gasteiger partial charge in [-0.25, -0.2) is 0 Å². The SMILES string of the molecule is COc1cnc(CSc2nncn2C)cc1OCC(=O)Nc1cccc(C)c1. The van der Waals surface area contributed by atoms with Gasteiger partial charge in [0.05, 0.1) is 19.0 Å². The number of rotatable bonds is 8. The third-order valence-corrected chi connectivity index (χ3v) is 4.86. The fourth-order valence-electron chi connectivity index (χ4n) is 2.41. The number of anilines is 1. The summed E-state index contributed by atoms with van der Waals surface area (Å²) in [7, 11) is 3.41. The van der Waals surface area contributed by atoms with E-state index in [0.29, 0.717) is 17.3 Å². The average molecular weight is 399 g/mol. The largest absolute Gasteiger partial charge is 0.491 e. The quantitative estimate of drug-likeness (QED) is 0.582. The van der Waals surface area contributed by atoms with E-state index >= 15 is 0 Å². The van der Waals surface area contributed by atoms with E-state index in [2.05, 4.69) is 20.5 Å². The first kappa shape index (κ1) is 19.7. The number of aryl methyl sites for hydroxylation is 2. The van der Waals surface area contributed by atoms with Gasteiger partial charge in [-0.2, -0.15) is 0 Å². The lowest BCUT2D eigenvalue weighted by Crippen LogP contribution is -2.20. The lowest BCUT2D eigenvalue weighted by Gasteiger charge is -2.12. The second-order valence-electron chi connectivity index (χ2n) is 6.05. The smallest absolute Gasteiger partial charge is 0.262 e. The van der Waals surface area contributed by atoms with Crippen LogP contribution in [0, 0.1) is 6.92 Å². The van der Waals surface area contributed by atoms with Crippen LogP contribution in [0.2, 0.25) is 0 Å². The molecule has 146 valence electrons. The summed E-state index contributed by atoms with van der Waals surface area (Å²) in [5.74, 6) is 1.27. The minimum Gasteiger partial charge on any atom is -0.491 e. The Kier molecular flexibility index (Phi) is 6.49. The van der Waals surface area contributed by atoms with Crippen LogP contribution in [0.4, 0.5) is 5.69 Å². The molecule has 3 rings (SSSR count). The van der Waals surface area contributed by atoms with Gasteiger partial charge in [-0.05, 0) is 24.6 Å². The van der Waals surface area contributed by atoms with Crippen molar-refractivity contribution in [3.63, 3.8) is 0 Å². The van der Waals surface area contributed by atoms with Crippen LogP contribution >= 0.6 is 11.8 Å². The van der Waals surface area contributed by atoms with Crippen LogP contribution in [0.25, 0.3) is 0 Å². The van der Waals surface area contributed by atoms with Gasteiger partial charge in [0.2, 0.25) is 0 Å². The lowest BCUT2D eigenvalue weighted by atomic mass is 10.2. The molecule has 0 aliphatic rings. The summed E-state index contributed by atoms with van der Waals surface area (Å²) in [4.78, 5) is 16.5. The fraction of sp³-hybridized carbons (Fsp3) is 0.263. The molecule has 0 bridgehead atoms. The summed E-state index contributed by atoms with van der Waals surface area (Å²) in [5.41, 5.74) is 2.58. The molecule has 0 radical (unpaired) electrons. The van der Waals surface area contributed by atoms with Crippen molar-refractivity contribution in [1.82, 2.24) is 19.7 Å². The molecular formula is C19H21N5O3S. The van der Waals surface area contributed by atoms with Gasteiger partial charge in [-0.1, -0.05) is 23.9 Å². The molecular weight excluding hydrogens is 378 g/mol. The first-order valence-electron chi connectivity index (χ1n) is 8.54. The van der Waals surface area contributed by atoms with Crippen LogP contribution in [0.1, 0.15) is 11.3 Å². The van der Waals surface area contributed by atoms with Crippen LogP contribution in [0.15, 0.2) is 48.0 Å². The van der Waals surface area contributed by atoms with E-state index in [1.54, 1.807) is 18.6 Å². The first-order chi connectivity index (χ1) is 13.5. The number of hydrogen-bond donors (Lipinski definition) is 1. The summed E-state index contributed by atoms with van der Waals surface area (Å²) < 4.78 is 12.8. The maximum atomic E-state index is 12.2. The molecule has 0 unspecified atom stereocenters. The Morgan fingerprint density at radius 3 is 2.86 bits per heavy atom. The Morgan fingerprint density at radius 2 is 2.14 bits per heavy atom. The average Bonchev–Trinajstić information content (AvgIpc) is 3.09. The zero-order chi connectivity index (χ0) is 19.9. The number of carbonyl (C=O) groups is 1. The van der Waals surface area contributed by atoms with Crippen LogP contribution in [-0.2, 0) is 17.6 Å². The molecule has 8 nitrogen and oxygen atoms in total. The zero-order valence-corrected chi connectivity index (χ0v) is 16.7. The minimum absolute atomic E-state index is 0.135. The second-order valence-corrected chi connectivity index (χ2v) is 6.99. The normalized spacial score (nSPS) is 10.5.